The maximum atomic E-state index is 12.4. The number of hydrogen-bond donors (Lipinski definition) is 3. The first-order valence-corrected chi connectivity index (χ1v) is 29.6. The van der Waals surface area contributed by atoms with Crippen molar-refractivity contribution in [1.29, 1.82) is 0 Å². The van der Waals surface area contributed by atoms with Gasteiger partial charge in [0.2, 0.25) is 5.91 Å². The van der Waals surface area contributed by atoms with E-state index in [1.54, 1.807) is 0 Å². The molecule has 0 aliphatic heterocycles. The smallest absolute Gasteiger partial charge is 0.305 e. The first-order valence-electron chi connectivity index (χ1n) is 29.6. The van der Waals surface area contributed by atoms with E-state index in [9.17, 15) is 19.8 Å². The molecule has 0 fully saturated rings. The van der Waals surface area contributed by atoms with Crippen molar-refractivity contribution in [2.24, 2.45) is 0 Å². The van der Waals surface area contributed by atoms with Gasteiger partial charge < -0.3 is 20.3 Å². The number of aliphatic hydroxyl groups excluding tert-OH is 2. The summed E-state index contributed by atoms with van der Waals surface area (Å²) in [7, 11) is 0. The van der Waals surface area contributed by atoms with Gasteiger partial charge >= 0.3 is 5.97 Å². The minimum absolute atomic E-state index is 0.0315. The van der Waals surface area contributed by atoms with Gasteiger partial charge in [0.25, 0.3) is 0 Å². The van der Waals surface area contributed by atoms with Crippen molar-refractivity contribution in [3.8, 4) is 0 Å². The quantitative estimate of drug-likeness (QED) is 0.0321. The van der Waals surface area contributed by atoms with Crippen LogP contribution in [0.25, 0.3) is 0 Å². The summed E-state index contributed by atoms with van der Waals surface area (Å²) >= 11 is 0. The van der Waals surface area contributed by atoms with Crippen LogP contribution in [0.15, 0.2) is 24.3 Å². The van der Waals surface area contributed by atoms with Crippen molar-refractivity contribution >= 4 is 11.9 Å². The predicted octanol–water partition coefficient (Wildman–Crippen LogP) is 18.2. The molecule has 0 rings (SSSR count). The normalized spacial score (nSPS) is 12.7. The highest BCUT2D eigenvalue weighted by Crippen LogP contribution is 2.17. The van der Waals surface area contributed by atoms with Gasteiger partial charge in [-0.1, -0.05) is 289 Å². The number of amides is 1. The summed E-state index contributed by atoms with van der Waals surface area (Å²) in [5, 5.41) is 23.2. The summed E-state index contributed by atoms with van der Waals surface area (Å²) in [6.45, 7) is 4.85. The van der Waals surface area contributed by atoms with Gasteiger partial charge in [0.1, 0.15) is 0 Å². The SMILES string of the molecule is CCCCCCCCCCCCCCCCCCC(=O)OCC/C=C\C/C=C\CCCCCCCCCCCCCCCCC(=O)NC(CO)C(O)CCCCCCCCCCCCCC. The molecule has 390 valence electrons. The highest BCUT2D eigenvalue weighted by molar-refractivity contribution is 5.76. The zero-order chi connectivity index (χ0) is 47.9. The second-order valence-corrected chi connectivity index (χ2v) is 20.3. The second-order valence-electron chi connectivity index (χ2n) is 20.3. The molecule has 0 aliphatic rings. The third-order valence-corrected chi connectivity index (χ3v) is 13.8. The summed E-state index contributed by atoms with van der Waals surface area (Å²) in [5.41, 5.74) is 0. The molecule has 2 atom stereocenters. The lowest BCUT2D eigenvalue weighted by molar-refractivity contribution is -0.143. The number of esters is 1. The van der Waals surface area contributed by atoms with E-state index in [0.29, 0.717) is 25.9 Å². The van der Waals surface area contributed by atoms with Gasteiger partial charge in [0.15, 0.2) is 0 Å². The van der Waals surface area contributed by atoms with Crippen LogP contribution in [0.2, 0.25) is 0 Å². The lowest BCUT2D eigenvalue weighted by Gasteiger charge is -2.22. The van der Waals surface area contributed by atoms with E-state index >= 15 is 0 Å². The number of ether oxygens (including phenoxy) is 1. The zero-order valence-corrected chi connectivity index (χ0v) is 44.4. The number of nitrogens with one attached hydrogen (secondary N) is 1. The molecule has 0 spiro atoms. The minimum atomic E-state index is -0.666. The predicted molar refractivity (Wildman–Crippen MR) is 287 cm³/mol. The molecule has 6 heteroatoms. The van der Waals surface area contributed by atoms with Crippen molar-refractivity contribution in [3.63, 3.8) is 0 Å². The number of aliphatic hydroxyl groups is 2. The molecule has 0 aromatic rings. The van der Waals surface area contributed by atoms with Crippen LogP contribution >= 0.6 is 0 Å². The van der Waals surface area contributed by atoms with Crippen LogP contribution in [0.3, 0.4) is 0 Å². The number of carbonyl (C=O) groups excluding carboxylic acids is 2. The molecule has 0 saturated heterocycles. The Morgan fingerprint density at radius 3 is 1.15 bits per heavy atom. The van der Waals surface area contributed by atoms with E-state index < -0.39 is 12.1 Å². The lowest BCUT2D eigenvalue weighted by atomic mass is 10.0. The first kappa shape index (κ1) is 64.3. The molecule has 0 heterocycles. The van der Waals surface area contributed by atoms with Crippen LogP contribution in [-0.2, 0) is 14.3 Å². The maximum Gasteiger partial charge on any atom is 0.305 e. The lowest BCUT2D eigenvalue weighted by Crippen LogP contribution is -2.45. The fourth-order valence-corrected chi connectivity index (χ4v) is 9.24. The molecule has 0 aromatic carbocycles. The summed E-state index contributed by atoms with van der Waals surface area (Å²) in [4.78, 5) is 24.5. The molecular formula is C60H115NO5. The summed E-state index contributed by atoms with van der Waals surface area (Å²) in [6, 6.07) is -0.544. The van der Waals surface area contributed by atoms with Gasteiger partial charge in [-0.05, 0) is 44.9 Å². The summed E-state index contributed by atoms with van der Waals surface area (Å²) in [5.74, 6) is -0.0710. The Balaban J connectivity index is 3.43. The second kappa shape index (κ2) is 55.9. The number of hydrogen-bond acceptors (Lipinski definition) is 5. The first-order chi connectivity index (χ1) is 32.5. The van der Waals surface area contributed by atoms with E-state index in [4.69, 9.17) is 4.74 Å². The Hall–Kier alpha value is -1.66. The van der Waals surface area contributed by atoms with Gasteiger partial charge in [-0.2, -0.15) is 0 Å². The highest BCUT2D eigenvalue weighted by Gasteiger charge is 2.20. The van der Waals surface area contributed by atoms with Gasteiger partial charge in [-0.15, -0.1) is 0 Å². The number of carbonyl (C=O) groups is 2. The van der Waals surface area contributed by atoms with E-state index in [0.717, 1.165) is 51.4 Å². The fourth-order valence-electron chi connectivity index (χ4n) is 9.24. The molecule has 0 aliphatic carbocycles. The maximum absolute atomic E-state index is 12.4. The Labute approximate surface area is 411 Å². The Morgan fingerprint density at radius 1 is 0.424 bits per heavy atom. The molecule has 0 radical (unpaired) electrons. The van der Waals surface area contributed by atoms with Gasteiger partial charge in [0.05, 0.1) is 25.4 Å². The number of unbranched alkanes of at least 4 members (excludes halogenated alkanes) is 40. The van der Waals surface area contributed by atoms with Crippen molar-refractivity contribution in [1.82, 2.24) is 5.32 Å². The monoisotopic (exact) mass is 930 g/mol. The van der Waals surface area contributed by atoms with Crippen LogP contribution in [-0.4, -0.2) is 47.4 Å². The average molecular weight is 931 g/mol. The zero-order valence-electron chi connectivity index (χ0n) is 44.4. The third-order valence-electron chi connectivity index (χ3n) is 13.8. The van der Waals surface area contributed by atoms with E-state index in [2.05, 4.69) is 43.5 Å². The topological polar surface area (TPSA) is 95.9 Å². The van der Waals surface area contributed by atoms with Crippen LogP contribution in [0, 0.1) is 0 Å². The van der Waals surface area contributed by atoms with Crippen LogP contribution in [0.1, 0.15) is 322 Å². The molecule has 3 N–H and O–H groups in total. The van der Waals surface area contributed by atoms with Gasteiger partial charge in [-0.3, -0.25) is 9.59 Å². The standard InChI is InChI=1S/C60H115NO5/c1-3-5-7-9-11-13-15-17-18-27-30-34-38-42-46-50-54-60(65)66-55-51-47-43-39-35-31-28-25-23-21-19-20-22-24-26-29-33-37-41-45-49-53-59(64)61-57(56-62)58(63)52-48-44-40-36-32-16-14-12-10-8-6-4-2/h31,35,43,47,57-58,62-63H,3-30,32-34,36-42,44-46,48-56H2,1-2H3,(H,61,64)/b35-31-,47-43-. The highest BCUT2D eigenvalue weighted by atomic mass is 16.5. The Bertz CT molecular complexity index is 1030. The van der Waals surface area contributed by atoms with Crippen LogP contribution < -0.4 is 5.32 Å². The molecule has 1 amide bonds. The number of allylic oxidation sites excluding steroid dienone is 3. The van der Waals surface area contributed by atoms with Crippen LogP contribution in [0.4, 0.5) is 0 Å². The van der Waals surface area contributed by atoms with E-state index in [1.165, 1.54) is 238 Å². The van der Waals surface area contributed by atoms with Gasteiger partial charge in [0, 0.05) is 12.8 Å². The molecular weight excluding hydrogens is 815 g/mol. The van der Waals surface area contributed by atoms with Crippen LogP contribution in [0.5, 0.6) is 0 Å². The molecule has 2 unspecified atom stereocenters. The van der Waals surface area contributed by atoms with E-state index in [-0.39, 0.29) is 18.5 Å². The van der Waals surface area contributed by atoms with Crippen molar-refractivity contribution in [3.05, 3.63) is 24.3 Å². The molecule has 66 heavy (non-hydrogen) atoms. The third kappa shape index (κ3) is 51.7. The molecule has 0 aromatic heterocycles. The number of rotatable bonds is 55. The minimum Gasteiger partial charge on any atom is -0.465 e. The van der Waals surface area contributed by atoms with E-state index in [1.807, 2.05) is 0 Å². The summed E-state index contributed by atoms with van der Waals surface area (Å²) in [6.07, 6.45) is 67.7. The Kier molecular flexibility index (Phi) is 54.5. The van der Waals surface area contributed by atoms with Crippen molar-refractivity contribution in [2.75, 3.05) is 13.2 Å². The molecule has 0 bridgehead atoms. The molecule has 0 saturated carbocycles. The Morgan fingerprint density at radius 2 is 0.758 bits per heavy atom. The molecule has 6 nitrogen and oxygen atoms in total. The fraction of sp³-hybridized carbons (Fsp3) is 0.900. The largest absolute Gasteiger partial charge is 0.465 e. The average Bonchev–Trinajstić information content (AvgIpc) is 3.32. The van der Waals surface area contributed by atoms with Gasteiger partial charge in [-0.25, -0.2) is 0 Å². The van der Waals surface area contributed by atoms with Crippen molar-refractivity contribution in [2.45, 2.75) is 334 Å². The van der Waals surface area contributed by atoms with Crippen molar-refractivity contribution < 1.29 is 24.5 Å². The summed E-state index contributed by atoms with van der Waals surface area (Å²) < 4.78 is 5.42.